The summed E-state index contributed by atoms with van der Waals surface area (Å²) in [6, 6.07) is 14.2. The van der Waals surface area contributed by atoms with Crippen molar-refractivity contribution in [2.45, 2.75) is 12.9 Å². The molecule has 25 heavy (non-hydrogen) atoms. The Labute approximate surface area is 142 Å². The summed E-state index contributed by atoms with van der Waals surface area (Å²) in [5, 5.41) is 5.02. The summed E-state index contributed by atoms with van der Waals surface area (Å²) >= 11 is 0. The van der Waals surface area contributed by atoms with Gasteiger partial charge in [0.25, 0.3) is 0 Å². The molecule has 8 heteroatoms. The van der Waals surface area contributed by atoms with Crippen molar-refractivity contribution in [2.75, 3.05) is 13.2 Å². The Kier molecular flexibility index (Phi) is 6.50. The van der Waals surface area contributed by atoms with Crippen LogP contribution in [0.15, 0.2) is 54.6 Å². The van der Waals surface area contributed by atoms with Gasteiger partial charge in [-0.25, -0.2) is 4.79 Å². The van der Waals surface area contributed by atoms with E-state index in [1.165, 1.54) is 18.2 Å². The molecule has 0 heterocycles. The molecular weight excluding hydrogens is 337 g/mol. The Morgan fingerprint density at radius 3 is 2.36 bits per heavy atom. The van der Waals surface area contributed by atoms with E-state index in [2.05, 4.69) is 15.4 Å². The number of ether oxygens (including phenoxy) is 2. The molecule has 0 aliphatic heterocycles. The molecule has 0 radical (unpaired) electrons. The zero-order valence-electron chi connectivity index (χ0n) is 13.2. The van der Waals surface area contributed by atoms with Gasteiger partial charge in [0.15, 0.2) is 0 Å². The first-order chi connectivity index (χ1) is 11.9. The zero-order chi connectivity index (χ0) is 18.1. The quantitative estimate of drug-likeness (QED) is 0.749. The van der Waals surface area contributed by atoms with Gasteiger partial charge < -0.3 is 20.1 Å². The van der Waals surface area contributed by atoms with E-state index >= 15 is 0 Å². The maximum Gasteiger partial charge on any atom is 0.573 e. The van der Waals surface area contributed by atoms with Crippen LogP contribution in [0.5, 0.6) is 11.5 Å². The molecule has 0 aliphatic carbocycles. The Balaban J connectivity index is 1.73. The van der Waals surface area contributed by atoms with Crippen LogP contribution >= 0.6 is 0 Å². The van der Waals surface area contributed by atoms with E-state index in [4.69, 9.17) is 4.74 Å². The Morgan fingerprint density at radius 2 is 1.64 bits per heavy atom. The lowest BCUT2D eigenvalue weighted by Crippen LogP contribution is -2.37. The molecule has 0 spiro atoms. The Bertz CT molecular complexity index is 678. The SMILES string of the molecule is O=C(NCCOc1ccccc1)NCc1ccccc1OC(F)(F)F. The monoisotopic (exact) mass is 354 g/mol. The average Bonchev–Trinajstić information content (AvgIpc) is 2.57. The molecule has 2 aromatic rings. The van der Waals surface area contributed by atoms with Crippen molar-refractivity contribution < 1.29 is 27.4 Å². The lowest BCUT2D eigenvalue weighted by atomic mass is 10.2. The zero-order valence-corrected chi connectivity index (χ0v) is 13.2. The van der Waals surface area contributed by atoms with Crippen molar-refractivity contribution in [3.8, 4) is 11.5 Å². The third kappa shape index (κ3) is 7.03. The molecule has 0 unspecified atom stereocenters. The van der Waals surface area contributed by atoms with Gasteiger partial charge in [-0.2, -0.15) is 0 Å². The molecule has 0 aromatic heterocycles. The molecule has 134 valence electrons. The first kappa shape index (κ1) is 18.4. The van der Waals surface area contributed by atoms with Crippen molar-refractivity contribution >= 4 is 6.03 Å². The lowest BCUT2D eigenvalue weighted by Gasteiger charge is -2.14. The summed E-state index contributed by atoms with van der Waals surface area (Å²) < 4.78 is 46.3. The number of urea groups is 1. The van der Waals surface area contributed by atoms with Gasteiger partial charge in [0, 0.05) is 12.1 Å². The molecular formula is C17H17F3N2O3. The summed E-state index contributed by atoms with van der Waals surface area (Å²) in [5.41, 5.74) is 0.218. The normalized spacial score (nSPS) is 10.8. The van der Waals surface area contributed by atoms with Gasteiger partial charge in [0.2, 0.25) is 0 Å². The van der Waals surface area contributed by atoms with E-state index in [1.54, 1.807) is 18.2 Å². The second-order valence-electron chi connectivity index (χ2n) is 4.93. The van der Waals surface area contributed by atoms with Crippen molar-refractivity contribution in [1.82, 2.24) is 10.6 Å². The highest BCUT2D eigenvalue weighted by atomic mass is 19.4. The number of hydrogen-bond acceptors (Lipinski definition) is 3. The second kappa shape index (κ2) is 8.81. The average molecular weight is 354 g/mol. The van der Waals surface area contributed by atoms with Crippen LogP contribution < -0.4 is 20.1 Å². The second-order valence-corrected chi connectivity index (χ2v) is 4.93. The van der Waals surface area contributed by atoms with Gasteiger partial charge in [-0.1, -0.05) is 36.4 Å². The topological polar surface area (TPSA) is 59.6 Å². The minimum absolute atomic E-state index is 0.0996. The van der Waals surface area contributed by atoms with Crippen LogP contribution in [-0.2, 0) is 6.54 Å². The molecule has 2 N–H and O–H groups in total. The third-order valence-corrected chi connectivity index (χ3v) is 3.04. The van der Waals surface area contributed by atoms with Crippen molar-refractivity contribution in [1.29, 1.82) is 0 Å². The maximum atomic E-state index is 12.3. The van der Waals surface area contributed by atoms with Crippen LogP contribution in [0, 0.1) is 0 Å². The Morgan fingerprint density at radius 1 is 0.960 bits per heavy atom. The van der Waals surface area contributed by atoms with E-state index in [0.29, 0.717) is 5.75 Å². The fourth-order valence-corrected chi connectivity index (χ4v) is 1.96. The molecule has 2 rings (SSSR count). The number of carbonyl (C=O) groups is 1. The van der Waals surface area contributed by atoms with E-state index in [-0.39, 0.29) is 31.0 Å². The number of rotatable bonds is 7. The predicted octanol–water partition coefficient (Wildman–Crippen LogP) is 3.46. The van der Waals surface area contributed by atoms with Crippen LogP contribution in [0.4, 0.5) is 18.0 Å². The molecule has 0 fully saturated rings. The summed E-state index contributed by atoms with van der Waals surface area (Å²) in [6.07, 6.45) is -4.78. The number of para-hydroxylation sites is 2. The highest BCUT2D eigenvalue weighted by molar-refractivity contribution is 5.73. The number of benzene rings is 2. The molecule has 0 aliphatic rings. The van der Waals surface area contributed by atoms with Crippen LogP contribution in [0.3, 0.4) is 0 Å². The predicted molar refractivity (Wildman–Crippen MR) is 85.3 cm³/mol. The summed E-state index contributed by atoms with van der Waals surface area (Å²) in [4.78, 5) is 11.7. The smallest absolute Gasteiger partial charge is 0.492 e. The minimum Gasteiger partial charge on any atom is -0.492 e. The van der Waals surface area contributed by atoms with Crippen molar-refractivity contribution in [3.63, 3.8) is 0 Å². The van der Waals surface area contributed by atoms with E-state index in [1.807, 2.05) is 18.2 Å². The molecule has 5 nitrogen and oxygen atoms in total. The van der Waals surface area contributed by atoms with Gasteiger partial charge in [0.1, 0.15) is 18.1 Å². The number of hydrogen-bond donors (Lipinski definition) is 2. The minimum atomic E-state index is -4.78. The third-order valence-electron chi connectivity index (χ3n) is 3.04. The molecule has 0 atom stereocenters. The van der Waals surface area contributed by atoms with Gasteiger partial charge >= 0.3 is 12.4 Å². The first-order valence-electron chi connectivity index (χ1n) is 7.47. The molecule has 0 saturated heterocycles. The van der Waals surface area contributed by atoms with Crippen LogP contribution in [0.25, 0.3) is 0 Å². The van der Waals surface area contributed by atoms with Crippen molar-refractivity contribution in [3.05, 3.63) is 60.2 Å². The number of halogens is 3. The summed E-state index contributed by atoms with van der Waals surface area (Å²) in [5.74, 6) is 0.339. The number of nitrogens with one attached hydrogen (secondary N) is 2. The van der Waals surface area contributed by atoms with E-state index in [0.717, 1.165) is 0 Å². The van der Waals surface area contributed by atoms with Crippen LogP contribution in [-0.4, -0.2) is 25.5 Å². The number of amides is 2. The molecule has 0 bridgehead atoms. The van der Waals surface area contributed by atoms with Gasteiger partial charge in [-0.3, -0.25) is 0 Å². The van der Waals surface area contributed by atoms with Crippen LogP contribution in [0.2, 0.25) is 0 Å². The fourth-order valence-electron chi connectivity index (χ4n) is 1.96. The fraction of sp³-hybridized carbons (Fsp3) is 0.235. The number of alkyl halides is 3. The van der Waals surface area contributed by atoms with E-state index < -0.39 is 12.4 Å². The summed E-state index contributed by atoms with van der Waals surface area (Å²) in [7, 11) is 0. The van der Waals surface area contributed by atoms with Crippen molar-refractivity contribution in [2.24, 2.45) is 0 Å². The molecule has 0 saturated carbocycles. The highest BCUT2D eigenvalue weighted by Crippen LogP contribution is 2.25. The number of carbonyl (C=O) groups excluding carboxylic acids is 1. The largest absolute Gasteiger partial charge is 0.573 e. The van der Waals surface area contributed by atoms with Gasteiger partial charge in [0.05, 0.1) is 6.54 Å². The standard InChI is InChI=1S/C17H17F3N2O3/c18-17(19,20)25-15-9-5-4-6-13(15)12-22-16(23)21-10-11-24-14-7-2-1-3-8-14/h1-9H,10-12H2,(H2,21,22,23). The maximum absolute atomic E-state index is 12.3. The molecule has 2 aromatic carbocycles. The molecule has 2 amide bonds. The summed E-state index contributed by atoms with van der Waals surface area (Å²) in [6.45, 7) is 0.421. The van der Waals surface area contributed by atoms with E-state index in [9.17, 15) is 18.0 Å². The lowest BCUT2D eigenvalue weighted by molar-refractivity contribution is -0.274. The highest BCUT2D eigenvalue weighted by Gasteiger charge is 2.31. The van der Waals surface area contributed by atoms with Gasteiger partial charge in [-0.05, 0) is 18.2 Å². The van der Waals surface area contributed by atoms with Gasteiger partial charge in [-0.15, -0.1) is 13.2 Å². The Hall–Kier alpha value is -2.90. The van der Waals surface area contributed by atoms with Crippen LogP contribution in [0.1, 0.15) is 5.56 Å². The first-order valence-corrected chi connectivity index (χ1v) is 7.47.